The molecule has 5 N–H and O–H groups in total. The maximum Gasteiger partial charge on any atom is 0.249 e. The Kier molecular flexibility index (Phi) is 52.7. The average molecular weight is 919 g/mol. The van der Waals surface area contributed by atoms with Gasteiger partial charge in [-0.25, -0.2) is 0 Å². The monoisotopic (exact) mass is 918 g/mol. The van der Waals surface area contributed by atoms with Gasteiger partial charge in [-0.3, -0.25) is 4.79 Å². The van der Waals surface area contributed by atoms with Crippen molar-refractivity contribution in [3.8, 4) is 0 Å². The lowest BCUT2D eigenvalue weighted by atomic mass is 10.00. The summed E-state index contributed by atoms with van der Waals surface area (Å²) in [4.78, 5) is 12.5. The fraction of sp³-hybridized carbons (Fsp3) is 0.915. The number of amides is 1. The molecule has 0 aromatic heterocycles. The zero-order valence-electron chi connectivity index (χ0n) is 43.8. The van der Waals surface area contributed by atoms with E-state index >= 15 is 0 Å². The topological polar surface area (TPSA) is 110 Å². The maximum atomic E-state index is 12.5. The molecule has 0 fully saturated rings. The van der Waals surface area contributed by atoms with Crippen LogP contribution in [0, 0.1) is 0 Å². The van der Waals surface area contributed by atoms with Crippen LogP contribution in [0.1, 0.15) is 316 Å². The molecule has 0 heterocycles. The van der Waals surface area contributed by atoms with Crippen LogP contribution in [0.5, 0.6) is 0 Å². The van der Waals surface area contributed by atoms with Crippen LogP contribution in [0.4, 0.5) is 0 Å². The molecule has 6 nitrogen and oxygen atoms in total. The highest BCUT2D eigenvalue weighted by Crippen LogP contribution is 2.18. The van der Waals surface area contributed by atoms with Gasteiger partial charge in [0.1, 0.15) is 12.2 Å². The maximum absolute atomic E-state index is 12.5. The number of allylic oxidation sites excluding steroid dienone is 4. The van der Waals surface area contributed by atoms with Gasteiger partial charge in [-0.2, -0.15) is 0 Å². The number of aliphatic hydroxyl groups is 4. The zero-order valence-corrected chi connectivity index (χ0v) is 43.8. The lowest BCUT2D eigenvalue weighted by Gasteiger charge is -2.27. The molecule has 0 rings (SSSR count). The molecule has 65 heavy (non-hydrogen) atoms. The van der Waals surface area contributed by atoms with Crippen molar-refractivity contribution in [1.29, 1.82) is 0 Å². The van der Waals surface area contributed by atoms with Crippen molar-refractivity contribution in [2.24, 2.45) is 0 Å². The van der Waals surface area contributed by atoms with E-state index in [9.17, 15) is 25.2 Å². The minimum absolute atomic E-state index is 0.366. The van der Waals surface area contributed by atoms with Crippen LogP contribution >= 0.6 is 0 Å². The van der Waals surface area contributed by atoms with E-state index in [1.807, 2.05) is 0 Å². The van der Waals surface area contributed by atoms with E-state index in [1.165, 1.54) is 250 Å². The van der Waals surface area contributed by atoms with Crippen LogP contribution in [0.3, 0.4) is 0 Å². The minimum Gasteiger partial charge on any atom is -0.394 e. The first kappa shape index (κ1) is 63.8. The van der Waals surface area contributed by atoms with Gasteiger partial charge < -0.3 is 25.7 Å². The molecular formula is C59H115NO5. The predicted molar refractivity (Wildman–Crippen MR) is 284 cm³/mol. The molecule has 0 saturated heterocycles. The third kappa shape index (κ3) is 47.6. The van der Waals surface area contributed by atoms with Gasteiger partial charge in [-0.15, -0.1) is 0 Å². The number of rotatable bonds is 54. The summed E-state index contributed by atoms with van der Waals surface area (Å²) >= 11 is 0. The van der Waals surface area contributed by atoms with E-state index in [0.717, 1.165) is 38.5 Å². The smallest absolute Gasteiger partial charge is 0.249 e. The summed E-state index contributed by atoms with van der Waals surface area (Å²) in [6.07, 6.45) is 65.8. The normalized spacial score (nSPS) is 13.9. The van der Waals surface area contributed by atoms with Crippen molar-refractivity contribution >= 4 is 5.91 Å². The molecule has 0 saturated carbocycles. The summed E-state index contributed by atoms with van der Waals surface area (Å²) in [5.41, 5.74) is 0. The zero-order chi connectivity index (χ0) is 47.4. The minimum atomic E-state index is -1.28. The molecule has 0 aliphatic rings. The molecule has 4 atom stereocenters. The van der Waals surface area contributed by atoms with Gasteiger partial charge in [0, 0.05) is 0 Å². The molecule has 0 bridgehead atoms. The van der Waals surface area contributed by atoms with Crippen LogP contribution in [0.15, 0.2) is 24.3 Å². The highest BCUT2D eigenvalue weighted by atomic mass is 16.3. The average Bonchev–Trinajstić information content (AvgIpc) is 3.31. The van der Waals surface area contributed by atoms with E-state index < -0.39 is 36.9 Å². The number of aliphatic hydroxyl groups excluding tert-OH is 4. The molecule has 0 aliphatic heterocycles. The second kappa shape index (κ2) is 53.7. The number of hydrogen-bond donors (Lipinski definition) is 5. The highest BCUT2D eigenvalue weighted by Gasteiger charge is 2.28. The van der Waals surface area contributed by atoms with Crippen LogP contribution < -0.4 is 5.32 Å². The number of carbonyl (C=O) groups excluding carboxylic acids is 1. The first-order valence-electron chi connectivity index (χ1n) is 29.2. The highest BCUT2D eigenvalue weighted by molar-refractivity contribution is 5.80. The summed E-state index contributed by atoms with van der Waals surface area (Å²) < 4.78 is 0. The molecular weight excluding hydrogens is 803 g/mol. The second-order valence-corrected chi connectivity index (χ2v) is 20.3. The van der Waals surface area contributed by atoms with Gasteiger partial charge >= 0.3 is 0 Å². The standard InChI is InChI=1S/C59H115NO5/c1-3-5-7-9-11-13-15-16-17-18-19-20-21-22-23-24-25-26-27-28-29-30-31-32-33-34-35-36-37-38-39-40-41-43-45-47-49-51-53-57(63)59(65)60-55(54-61)58(64)56(62)52-50-48-46-44-42-14-12-10-8-6-4-2/h28-29,44,46,55-58,61-64H,3-27,30-43,45,47-54H2,1-2H3,(H,60,65)/b29-28-,46-44+. The van der Waals surface area contributed by atoms with Crippen LogP contribution in [-0.4, -0.2) is 57.3 Å². The molecule has 1 amide bonds. The third-order valence-electron chi connectivity index (χ3n) is 13.9. The fourth-order valence-corrected chi connectivity index (χ4v) is 9.29. The van der Waals surface area contributed by atoms with Gasteiger partial charge in [0.25, 0.3) is 0 Å². The molecule has 0 aliphatic carbocycles. The Bertz CT molecular complexity index is 986. The van der Waals surface area contributed by atoms with Gasteiger partial charge in [-0.05, 0) is 64.2 Å². The fourth-order valence-electron chi connectivity index (χ4n) is 9.29. The van der Waals surface area contributed by atoms with E-state index in [-0.39, 0.29) is 0 Å². The Morgan fingerprint density at radius 2 is 0.631 bits per heavy atom. The van der Waals surface area contributed by atoms with Crippen molar-refractivity contribution < 1.29 is 25.2 Å². The number of carbonyl (C=O) groups is 1. The van der Waals surface area contributed by atoms with E-state index in [2.05, 4.69) is 43.5 Å². The molecule has 0 aromatic carbocycles. The first-order chi connectivity index (χ1) is 32.0. The summed E-state index contributed by atoms with van der Waals surface area (Å²) in [6.45, 7) is 4.04. The van der Waals surface area contributed by atoms with Crippen molar-refractivity contribution in [3.63, 3.8) is 0 Å². The summed E-state index contributed by atoms with van der Waals surface area (Å²) in [5.74, 6) is -0.591. The second-order valence-electron chi connectivity index (χ2n) is 20.3. The molecule has 0 radical (unpaired) electrons. The quantitative estimate of drug-likeness (QED) is 0.0308. The molecule has 4 unspecified atom stereocenters. The number of hydrogen-bond acceptors (Lipinski definition) is 5. The van der Waals surface area contributed by atoms with Crippen molar-refractivity contribution in [2.75, 3.05) is 6.61 Å². The number of nitrogens with one attached hydrogen (secondary N) is 1. The van der Waals surface area contributed by atoms with E-state index in [1.54, 1.807) is 0 Å². The Morgan fingerprint density at radius 1 is 0.369 bits per heavy atom. The molecule has 0 aromatic rings. The van der Waals surface area contributed by atoms with Gasteiger partial charge in [0.05, 0.1) is 18.8 Å². The van der Waals surface area contributed by atoms with E-state index in [0.29, 0.717) is 12.8 Å². The molecule has 0 spiro atoms. The number of unbranched alkanes of at least 4 members (excludes halogenated alkanes) is 41. The molecule has 386 valence electrons. The summed E-state index contributed by atoms with van der Waals surface area (Å²) in [6, 6.07) is -0.999. The SMILES string of the molecule is CCCCCCCC/C=C/CCCC(O)C(O)C(CO)NC(=O)C(O)CCCCCCCCCCCCCCCCCC/C=C\CCCCCCCCCCCCCCCCCCCC. The third-order valence-corrected chi connectivity index (χ3v) is 13.9. The van der Waals surface area contributed by atoms with Crippen LogP contribution in [0.2, 0.25) is 0 Å². The first-order valence-corrected chi connectivity index (χ1v) is 29.2. The lowest BCUT2D eigenvalue weighted by Crippen LogP contribution is -2.53. The molecule has 6 heteroatoms. The lowest BCUT2D eigenvalue weighted by molar-refractivity contribution is -0.132. The summed E-state index contributed by atoms with van der Waals surface area (Å²) in [5, 5.41) is 43.7. The van der Waals surface area contributed by atoms with Crippen molar-refractivity contribution in [1.82, 2.24) is 5.32 Å². The Labute approximate surface area is 405 Å². The Hall–Kier alpha value is -1.21. The largest absolute Gasteiger partial charge is 0.394 e. The van der Waals surface area contributed by atoms with Crippen molar-refractivity contribution in [2.45, 2.75) is 340 Å². The van der Waals surface area contributed by atoms with Crippen molar-refractivity contribution in [3.05, 3.63) is 24.3 Å². The van der Waals surface area contributed by atoms with Gasteiger partial charge in [0.15, 0.2) is 0 Å². The van der Waals surface area contributed by atoms with Crippen LogP contribution in [-0.2, 0) is 4.79 Å². The predicted octanol–water partition coefficient (Wildman–Crippen LogP) is 17.0. The Morgan fingerprint density at radius 3 is 0.923 bits per heavy atom. The van der Waals surface area contributed by atoms with Gasteiger partial charge in [-0.1, -0.05) is 276 Å². The summed E-state index contributed by atoms with van der Waals surface area (Å²) in [7, 11) is 0. The van der Waals surface area contributed by atoms with Crippen LogP contribution in [0.25, 0.3) is 0 Å². The Balaban J connectivity index is 3.48. The van der Waals surface area contributed by atoms with E-state index in [4.69, 9.17) is 0 Å². The van der Waals surface area contributed by atoms with Gasteiger partial charge in [0.2, 0.25) is 5.91 Å².